The molecule has 0 atom stereocenters. The Labute approximate surface area is 169 Å². The van der Waals surface area contributed by atoms with E-state index < -0.39 is 0 Å². The lowest BCUT2D eigenvalue weighted by atomic mass is 10.2. The molecule has 29 heavy (non-hydrogen) atoms. The van der Waals surface area contributed by atoms with Gasteiger partial charge in [-0.15, -0.1) is 6.42 Å². The molecule has 1 aliphatic heterocycles. The summed E-state index contributed by atoms with van der Waals surface area (Å²) in [4.78, 5) is 32.3. The number of terminal acetylenes is 1. The minimum Gasteiger partial charge on any atom is -0.353 e. The van der Waals surface area contributed by atoms with Crippen molar-refractivity contribution in [3.63, 3.8) is 0 Å². The summed E-state index contributed by atoms with van der Waals surface area (Å²) in [5.41, 5.74) is 1.80. The van der Waals surface area contributed by atoms with E-state index in [1.54, 1.807) is 47.5 Å². The van der Waals surface area contributed by atoms with Crippen LogP contribution in [0.3, 0.4) is 0 Å². The standard InChI is InChI=1S/C21H20N6O2/c1-2-16-4-3-5-18(12-16)25-20(28)15-24-21(29)27-10-8-26(9-11-27)19-13-17(14-22)6-7-23-19/h1,3-7,12-13H,8-11,15H2,(H,24,29)(H,25,28). The monoisotopic (exact) mass is 388 g/mol. The SMILES string of the molecule is C#Cc1cccc(NC(=O)CNC(=O)N2CCN(c3cc(C#N)ccn3)CC2)c1. The Morgan fingerprint density at radius 1 is 1.14 bits per heavy atom. The Kier molecular flexibility index (Phi) is 6.29. The molecule has 8 nitrogen and oxygen atoms in total. The number of urea groups is 1. The predicted molar refractivity (Wildman–Crippen MR) is 109 cm³/mol. The van der Waals surface area contributed by atoms with Crippen LogP contribution in [0.4, 0.5) is 16.3 Å². The number of hydrogen-bond acceptors (Lipinski definition) is 5. The minimum atomic E-state index is -0.330. The molecule has 3 rings (SSSR count). The quantitative estimate of drug-likeness (QED) is 0.771. The molecule has 0 unspecified atom stereocenters. The number of rotatable bonds is 4. The smallest absolute Gasteiger partial charge is 0.317 e. The number of anilines is 2. The number of carbonyl (C=O) groups is 2. The summed E-state index contributed by atoms with van der Waals surface area (Å²) in [5, 5.41) is 14.3. The van der Waals surface area contributed by atoms with E-state index in [0.717, 1.165) is 5.82 Å². The molecule has 0 saturated carbocycles. The van der Waals surface area contributed by atoms with Crippen molar-refractivity contribution in [1.82, 2.24) is 15.2 Å². The van der Waals surface area contributed by atoms with Crippen molar-refractivity contribution < 1.29 is 9.59 Å². The first-order chi connectivity index (χ1) is 14.1. The molecule has 0 spiro atoms. The van der Waals surface area contributed by atoms with Crippen molar-refractivity contribution in [2.45, 2.75) is 0 Å². The number of hydrogen-bond donors (Lipinski definition) is 2. The first-order valence-electron chi connectivity index (χ1n) is 9.09. The minimum absolute atomic E-state index is 0.134. The molecule has 146 valence electrons. The number of piperazine rings is 1. The Balaban J connectivity index is 1.45. The summed E-state index contributed by atoms with van der Waals surface area (Å²) in [6.07, 6.45) is 6.95. The molecule has 1 aromatic heterocycles. The first-order valence-corrected chi connectivity index (χ1v) is 9.09. The first kappa shape index (κ1) is 19.7. The van der Waals surface area contributed by atoms with E-state index in [1.165, 1.54) is 0 Å². The topological polar surface area (TPSA) is 101 Å². The average molecular weight is 388 g/mol. The van der Waals surface area contributed by atoms with E-state index in [9.17, 15) is 9.59 Å². The van der Waals surface area contributed by atoms with Crippen LogP contribution in [-0.2, 0) is 4.79 Å². The zero-order valence-electron chi connectivity index (χ0n) is 15.8. The van der Waals surface area contributed by atoms with Gasteiger partial charge in [0.25, 0.3) is 0 Å². The molecule has 2 heterocycles. The maximum absolute atomic E-state index is 12.3. The molecular weight excluding hydrogens is 368 g/mol. The Bertz CT molecular complexity index is 983. The molecule has 0 bridgehead atoms. The second kappa shape index (κ2) is 9.25. The highest BCUT2D eigenvalue weighted by Gasteiger charge is 2.22. The molecule has 2 N–H and O–H groups in total. The fourth-order valence-corrected chi connectivity index (χ4v) is 2.96. The molecule has 1 aromatic carbocycles. The van der Waals surface area contributed by atoms with E-state index in [1.807, 2.05) is 4.90 Å². The number of aromatic nitrogens is 1. The van der Waals surface area contributed by atoms with Gasteiger partial charge in [-0.3, -0.25) is 4.79 Å². The average Bonchev–Trinajstić information content (AvgIpc) is 2.77. The van der Waals surface area contributed by atoms with Gasteiger partial charge in [0.15, 0.2) is 0 Å². The van der Waals surface area contributed by atoms with Crippen LogP contribution in [-0.4, -0.2) is 54.5 Å². The van der Waals surface area contributed by atoms with E-state index in [-0.39, 0.29) is 18.5 Å². The fourth-order valence-electron chi connectivity index (χ4n) is 2.96. The third-order valence-electron chi connectivity index (χ3n) is 4.48. The molecule has 0 radical (unpaired) electrons. The van der Waals surface area contributed by atoms with Gasteiger partial charge in [-0.1, -0.05) is 12.0 Å². The van der Waals surface area contributed by atoms with Gasteiger partial charge in [0.2, 0.25) is 5.91 Å². The van der Waals surface area contributed by atoms with Crippen LogP contribution in [0, 0.1) is 23.7 Å². The summed E-state index contributed by atoms with van der Waals surface area (Å²) >= 11 is 0. The van der Waals surface area contributed by atoms with Gasteiger partial charge in [0.1, 0.15) is 5.82 Å². The van der Waals surface area contributed by atoms with Gasteiger partial charge in [-0.05, 0) is 30.3 Å². The Morgan fingerprint density at radius 3 is 2.66 bits per heavy atom. The van der Waals surface area contributed by atoms with E-state index in [4.69, 9.17) is 11.7 Å². The van der Waals surface area contributed by atoms with Crippen LogP contribution in [0.25, 0.3) is 0 Å². The normalized spacial score (nSPS) is 13.2. The van der Waals surface area contributed by atoms with E-state index in [0.29, 0.717) is 43.0 Å². The third kappa shape index (κ3) is 5.24. The van der Waals surface area contributed by atoms with E-state index in [2.05, 4.69) is 27.6 Å². The van der Waals surface area contributed by atoms with Gasteiger partial charge in [-0.2, -0.15) is 5.26 Å². The van der Waals surface area contributed by atoms with Crippen LogP contribution < -0.4 is 15.5 Å². The Hall–Kier alpha value is -4.04. The highest BCUT2D eigenvalue weighted by Crippen LogP contribution is 2.15. The molecule has 8 heteroatoms. The molecule has 2 aromatic rings. The largest absolute Gasteiger partial charge is 0.353 e. The number of amides is 3. The van der Waals surface area contributed by atoms with Crippen LogP contribution in [0.15, 0.2) is 42.6 Å². The van der Waals surface area contributed by atoms with Crippen molar-refractivity contribution in [1.29, 1.82) is 5.26 Å². The van der Waals surface area contributed by atoms with Crippen LogP contribution in [0.1, 0.15) is 11.1 Å². The molecule has 1 saturated heterocycles. The van der Waals surface area contributed by atoms with E-state index >= 15 is 0 Å². The van der Waals surface area contributed by atoms with Crippen molar-refractivity contribution in [2.24, 2.45) is 0 Å². The fraction of sp³-hybridized carbons (Fsp3) is 0.238. The van der Waals surface area contributed by atoms with Gasteiger partial charge >= 0.3 is 6.03 Å². The van der Waals surface area contributed by atoms with Crippen molar-refractivity contribution in [2.75, 3.05) is 42.9 Å². The molecule has 0 aliphatic carbocycles. The van der Waals surface area contributed by atoms with Gasteiger partial charge < -0.3 is 20.4 Å². The van der Waals surface area contributed by atoms with Crippen molar-refractivity contribution >= 4 is 23.4 Å². The van der Waals surface area contributed by atoms with Gasteiger partial charge in [-0.25, -0.2) is 9.78 Å². The number of nitriles is 1. The second-order valence-electron chi connectivity index (χ2n) is 6.42. The summed E-state index contributed by atoms with van der Waals surface area (Å²) in [7, 11) is 0. The lowest BCUT2D eigenvalue weighted by molar-refractivity contribution is -0.115. The maximum Gasteiger partial charge on any atom is 0.317 e. The molecule has 1 aliphatic rings. The summed E-state index contributed by atoms with van der Waals surface area (Å²) in [6, 6.07) is 12.1. The number of benzene rings is 1. The molecule has 1 fully saturated rings. The van der Waals surface area contributed by atoms with Gasteiger partial charge in [0.05, 0.1) is 18.2 Å². The second-order valence-corrected chi connectivity index (χ2v) is 6.42. The predicted octanol–water partition coefficient (Wildman–Crippen LogP) is 1.40. The summed E-state index contributed by atoms with van der Waals surface area (Å²) in [5.74, 6) is 2.89. The van der Waals surface area contributed by atoms with Crippen LogP contribution in [0.5, 0.6) is 0 Å². The highest BCUT2D eigenvalue weighted by molar-refractivity contribution is 5.94. The number of carbonyl (C=O) groups excluding carboxylic acids is 2. The van der Waals surface area contributed by atoms with Crippen LogP contribution in [0.2, 0.25) is 0 Å². The van der Waals surface area contributed by atoms with Crippen LogP contribution >= 0.6 is 0 Å². The number of nitrogens with zero attached hydrogens (tertiary/aromatic N) is 4. The maximum atomic E-state index is 12.3. The summed E-state index contributed by atoms with van der Waals surface area (Å²) in [6.45, 7) is 2.05. The van der Waals surface area contributed by atoms with Crippen molar-refractivity contribution in [3.8, 4) is 18.4 Å². The van der Waals surface area contributed by atoms with Gasteiger partial charge in [0, 0.05) is 43.6 Å². The third-order valence-corrected chi connectivity index (χ3v) is 4.48. The lowest BCUT2D eigenvalue weighted by Gasteiger charge is -2.35. The molecule has 3 amide bonds. The lowest BCUT2D eigenvalue weighted by Crippen LogP contribution is -2.52. The highest BCUT2D eigenvalue weighted by atomic mass is 16.2. The number of pyridine rings is 1. The summed E-state index contributed by atoms with van der Waals surface area (Å²) < 4.78 is 0. The molecular formula is C21H20N6O2. The zero-order valence-corrected chi connectivity index (χ0v) is 15.8. The zero-order chi connectivity index (χ0) is 20.6. The van der Waals surface area contributed by atoms with Crippen molar-refractivity contribution in [3.05, 3.63) is 53.7 Å². The number of nitrogens with one attached hydrogen (secondary N) is 2. The Morgan fingerprint density at radius 2 is 1.93 bits per heavy atom.